The van der Waals surface area contributed by atoms with Gasteiger partial charge in [-0.3, -0.25) is 8.78 Å². The molecule has 1 atom stereocenters. The molecule has 6 nitrogen and oxygen atoms in total. The fourth-order valence-corrected chi connectivity index (χ4v) is 5.86. The van der Waals surface area contributed by atoms with Crippen LogP contribution in [0.3, 0.4) is 0 Å². The Hall–Kier alpha value is -1.97. The molecule has 0 fully saturated rings. The normalized spacial score (nSPS) is 15.3. The van der Waals surface area contributed by atoms with Crippen LogP contribution in [0.15, 0.2) is 28.3 Å². The first-order valence-corrected chi connectivity index (χ1v) is 11.6. The topological polar surface area (TPSA) is 73.6 Å². The summed E-state index contributed by atoms with van der Waals surface area (Å²) in [6.07, 6.45) is 7.75. The number of hydrogen-bond acceptors (Lipinski definition) is 7. The Morgan fingerprint density at radius 2 is 2.12 bits per heavy atom. The van der Waals surface area contributed by atoms with Gasteiger partial charge in [-0.25, -0.2) is 9.97 Å². The van der Waals surface area contributed by atoms with E-state index in [9.17, 15) is 4.21 Å². The molecular formula is C17H15N5OS3. The van der Waals surface area contributed by atoms with Crippen LogP contribution in [0.4, 0.5) is 0 Å². The van der Waals surface area contributed by atoms with Crippen molar-refractivity contribution >= 4 is 43.7 Å². The van der Waals surface area contributed by atoms with E-state index in [1.165, 1.54) is 23.3 Å². The van der Waals surface area contributed by atoms with Crippen molar-refractivity contribution in [2.45, 2.75) is 30.8 Å². The molecule has 0 aliphatic heterocycles. The summed E-state index contributed by atoms with van der Waals surface area (Å²) in [5.41, 5.74) is 2.33. The van der Waals surface area contributed by atoms with Gasteiger partial charge in [0.2, 0.25) is 5.16 Å². The molecule has 0 saturated carbocycles. The van der Waals surface area contributed by atoms with Crippen molar-refractivity contribution in [3.63, 3.8) is 0 Å². The van der Waals surface area contributed by atoms with Gasteiger partial charge in [0.05, 0.1) is 16.2 Å². The third kappa shape index (κ3) is 2.53. The number of fused-ring (bicyclic) bond motifs is 3. The standard InChI is InChI=1S/C17H15N5OS3/c1-26(23)17-21-18-9-22(17)15-13-11-4-2-3-5-12(11)25-16(13)20-14(19-15)10-6-7-24-8-10/h6-9H,2-5H2,1H3. The summed E-state index contributed by atoms with van der Waals surface area (Å²) in [6, 6.07) is 2.02. The fraction of sp³-hybridized carbons (Fsp3) is 0.294. The van der Waals surface area contributed by atoms with E-state index in [0.717, 1.165) is 34.4 Å². The fourth-order valence-electron chi connectivity index (χ4n) is 3.40. The lowest BCUT2D eigenvalue weighted by Crippen LogP contribution is -2.07. The quantitative estimate of drug-likeness (QED) is 0.524. The van der Waals surface area contributed by atoms with Gasteiger partial charge in [-0.05, 0) is 42.7 Å². The van der Waals surface area contributed by atoms with Crippen LogP contribution in [0.5, 0.6) is 0 Å². The third-order valence-corrected chi connectivity index (χ3v) is 7.24. The monoisotopic (exact) mass is 401 g/mol. The average molecular weight is 402 g/mol. The summed E-state index contributed by atoms with van der Waals surface area (Å²) in [7, 11) is -1.25. The summed E-state index contributed by atoms with van der Waals surface area (Å²) in [5, 5.41) is 13.6. The van der Waals surface area contributed by atoms with Crippen LogP contribution in [0, 0.1) is 0 Å². The van der Waals surface area contributed by atoms with Crippen molar-refractivity contribution in [2.24, 2.45) is 0 Å². The SMILES string of the molecule is CS(=O)c1nncn1-c1nc(-c2ccsc2)nc2sc3c(c12)CCCC3. The molecule has 132 valence electrons. The molecule has 1 unspecified atom stereocenters. The molecule has 5 rings (SSSR count). The van der Waals surface area contributed by atoms with Gasteiger partial charge in [0.25, 0.3) is 0 Å². The van der Waals surface area contributed by atoms with Crippen molar-refractivity contribution in [2.75, 3.05) is 6.26 Å². The molecule has 0 N–H and O–H groups in total. The highest BCUT2D eigenvalue weighted by atomic mass is 32.2. The van der Waals surface area contributed by atoms with Crippen molar-refractivity contribution in [1.29, 1.82) is 0 Å². The molecule has 0 aromatic carbocycles. The van der Waals surface area contributed by atoms with Gasteiger partial charge in [-0.2, -0.15) is 11.3 Å². The van der Waals surface area contributed by atoms with Crippen molar-refractivity contribution in [3.05, 3.63) is 33.6 Å². The minimum atomic E-state index is -1.25. The molecule has 4 aromatic rings. The number of rotatable bonds is 3. The smallest absolute Gasteiger partial charge is 0.226 e. The molecule has 0 saturated heterocycles. The molecular weight excluding hydrogens is 386 g/mol. The highest BCUT2D eigenvalue weighted by molar-refractivity contribution is 7.84. The van der Waals surface area contributed by atoms with Gasteiger partial charge in [0.15, 0.2) is 11.6 Å². The van der Waals surface area contributed by atoms with E-state index < -0.39 is 10.8 Å². The van der Waals surface area contributed by atoms with Crippen molar-refractivity contribution < 1.29 is 4.21 Å². The van der Waals surface area contributed by atoms with Gasteiger partial charge in [0.1, 0.15) is 11.2 Å². The number of hydrogen-bond donors (Lipinski definition) is 0. The zero-order valence-electron chi connectivity index (χ0n) is 14.0. The molecule has 9 heteroatoms. The zero-order chi connectivity index (χ0) is 17.7. The van der Waals surface area contributed by atoms with Crippen LogP contribution in [0.1, 0.15) is 23.3 Å². The molecule has 26 heavy (non-hydrogen) atoms. The highest BCUT2D eigenvalue weighted by Crippen LogP contribution is 2.39. The molecule has 0 spiro atoms. The molecule has 0 bridgehead atoms. The second kappa shape index (κ2) is 6.33. The summed E-state index contributed by atoms with van der Waals surface area (Å²) >= 11 is 3.38. The van der Waals surface area contributed by atoms with Crippen LogP contribution in [-0.2, 0) is 23.6 Å². The van der Waals surface area contributed by atoms with Crippen LogP contribution in [-0.4, -0.2) is 35.2 Å². The second-order valence-electron chi connectivity index (χ2n) is 6.21. The van der Waals surface area contributed by atoms with E-state index in [0.29, 0.717) is 11.0 Å². The van der Waals surface area contributed by atoms with Gasteiger partial charge >= 0.3 is 0 Å². The predicted octanol–water partition coefficient (Wildman–Crippen LogP) is 3.62. The Balaban J connectivity index is 1.85. The summed E-state index contributed by atoms with van der Waals surface area (Å²) < 4.78 is 13.9. The molecule has 1 aliphatic rings. The number of nitrogens with zero attached hydrogens (tertiary/aromatic N) is 5. The molecule has 4 heterocycles. The lowest BCUT2D eigenvalue weighted by atomic mass is 9.97. The minimum Gasteiger partial charge on any atom is -0.257 e. The third-order valence-electron chi connectivity index (χ3n) is 4.58. The van der Waals surface area contributed by atoms with E-state index in [-0.39, 0.29) is 0 Å². The zero-order valence-corrected chi connectivity index (χ0v) is 16.5. The van der Waals surface area contributed by atoms with E-state index in [1.54, 1.807) is 39.8 Å². The predicted molar refractivity (Wildman–Crippen MR) is 105 cm³/mol. The van der Waals surface area contributed by atoms with Gasteiger partial charge < -0.3 is 0 Å². The van der Waals surface area contributed by atoms with Crippen LogP contribution < -0.4 is 0 Å². The number of aryl methyl sites for hydroxylation is 2. The van der Waals surface area contributed by atoms with E-state index >= 15 is 0 Å². The average Bonchev–Trinajstić information content (AvgIpc) is 3.38. The number of thiophene rings is 2. The van der Waals surface area contributed by atoms with Crippen LogP contribution >= 0.6 is 22.7 Å². The maximum atomic E-state index is 12.1. The van der Waals surface area contributed by atoms with Crippen LogP contribution in [0.2, 0.25) is 0 Å². The van der Waals surface area contributed by atoms with Gasteiger partial charge in [-0.15, -0.1) is 21.5 Å². The first-order chi connectivity index (χ1) is 12.7. The second-order valence-corrected chi connectivity index (χ2v) is 9.35. The van der Waals surface area contributed by atoms with Crippen LogP contribution in [0.25, 0.3) is 27.4 Å². The van der Waals surface area contributed by atoms with Crippen molar-refractivity contribution in [3.8, 4) is 17.2 Å². The molecule has 4 aromatic heterocycles. The maximum absolute atomic E-state index is 12.1. The largest absolute Gasteiger partial charge is 0.257 e. The van der Waals surface area contributed by atoms with E-state index in [1.807, 2.05) is 16.8 Å². The lowest BCUT2D eigenvalue weighted by Gasteiger charge is -2.13. The first kappa shape index (κ1) is 16.2. The Bertz CT molecular complexity index is 1130. The van der Waals surface area contributed by atoms with Crippen molar-refractivity contribution in [1.82, 2.24) is 24.7 Å². The summed E-state index contributed by atoms with van der Waals surface area (Å²) in [4.78, 5) is 12.1. The van der Waals surface area contributed by atoms with E-state index in [2.05, 4.69) is 10.2 Å². The summed E-state index contributed by atoms with van der Waals surface area (Å²) in [6.45, 7) is 0. The highest BCUT2D eigenvalue weighted by Gasteiger charge is 2.24. The first-order valence-electron chi connectivity index (χ1n) is 8.31. The Morgan fingerprint density at radius 3 is 2.92 bits per heavy atom. The van der Waals surface area contributed by atoms with Gasteiger partial charge in [0, 0.05) is 22.1 Å². The Labute approximate surface area is 160 Å². The molecule has 0 amide bonds. The molecule has 0 radical (unpaired) electrons. The van der Waals surface area contributed by atoms with Gasteiger partial charge in [-0.1, -0.05) is 0 Å². The Kier molecular flexibility index (Phi) is 3.95. The Morgan fingerprint density at radius 1 is 1.23 bits per heavy atom. The van der Waals surface area contributed by atoms with E-state index in [4.69, 9.17) is 9.97 Å². The maximum Gasteiger partial charge on any atom is 0.226 e. The lowest BCUT2D eigenvalue weighted by molar-refractivity contribution is 0.675. The number of aromatic nitrogens is 5. The molecule has 1 aliphatic carbocycles. The minimum absolute atomic E-state index is 0.414. The summed E-state index contributed by atoms with van der Waals surface area (Å²) in [5.74, 6) is 1.43.